The van der Waals surface area contributed by atoms with Crippen molar-refractivity contribution in [3.63, 3.8) is 0 Å². The summed E-state index contributed by atoms with van der Waals surface area (Å²) in [6, 6.07) is 7.17. The van der Waals surface area contributed by atoms with Gasteiger partial charge in [0.2, 0.25) is 0 Å². The molecule has 2 rings (SSSR count). The summed E-state index contributed by atoms with van der Waals surface area (Å²) in [4.78, 5) is 22.8. The number of furan rings is 1. The molecule has 1 aromatic carbocycles. The molecule has 6 heteroatoms. The van der Waals surface area contributed by atoms with E-state index in [9.17, 15) is 9.59 Å². The van der Waals surface area contributed by atoms with Crippen molar-refractivity contribution in [2.75, 3.05) is 6.61 Å². The third-order valence-corrected chi connectivity index (χ3v) is 3.42. The summed E-state index contributed by atoms with van der Waals surface area (Å²) in [7, 11) is 0. The normalized spacial score (nSPS) is 10.4. The van der Waals surface area contributed by atoms with Crippen LogP contribution in [0.4, 0.5) is 0 Å². The summed E-state index contributed by atoms with van der Waals surface area (Å²) in [5.74, 6) is 0.0410. The Hall–Kier alpha value is -2.76. The number of ether oxygens (including phenoxy) is 1. The molecular formula is C17H19NO5. The Kier molecular flexibility index (Phi) is 5.05. The maximum Gasteiger partial charge on any atom is 0.339 e. The fourth-order valence-corrected chi connectivity index (χ4v) is 2.24. The van der Waals surface area contributed by atoms with E-state index in [1.165, 1.54) is 6.07 Å². The lowest BCUT2D eigenvalue weighted by Crippen LogP contribution is -2.28. The van der Waals surface area contributed by atoms with Gasteiger partial charge >= 0.3 is 5.97 Å². The van der Waals surface area contributed by atoms with Gasteiger partial charge in [-0.25, -0.2) is 4.79 Å². The van der Waals surface area contributed by atoms with Crippen LogP contribution in [-0.2, 0) is 11.3 Å². The molecule has 2 N–H and O–H groups in total. The van der Waals surface area contributed by atoms with Crippen molar-refractivity contribution in [3.8, 4) is 5.75 Å². The van der Waals surface area contributed by atoms with Crippen LogP contribution in [0.1, 0.15) is 33.0 Å². The number of benzene rings is 1. The van der Waals surface area contributed by atoms with Gasteiger partial charge < -0.3 is 19.6 Å². The van der Waals surface area contributed by atoms with E-state index in [-0.39, 0.29) is 24.6 Å². The Morgan fingerprint density at radius 1 is 1.22 bits per heavy atom. The number of hydrogen-bond donors (Lipinski definition) is 2. The van der Waals surface area contributed by atoms with Gasteiger partial charge in [-0.1, -0.05) is 18.2 Å². The van der Waals surface area contributed by atoms with Gasteiger partial charge in [-0.15, -0.1) is 0 Å². The summed E-state index contributed by atoms with van der Waals surface area (Å²) in [5, 5.41) is 11.6. The zero-order chi connectivity index (χ0) is 17.0. The number of carbonyl (C=O) groups is 2. The van der Waals surface area contributed by atoms with Crippen molar-refractivity contribution in [2.24, 2.45) is 0 Å². The Morgan fingerprint density at radius 3 is 2.43 bits per heavy atom. The molecule has 0 atom stereocenters. The molecule has 6 nitrogen and oxygen atoms in total. The first-order valence-corrected chi connectivity index (χ1v) is 7.16. The molecule has 0 aliphatic rings. The molecule has 0 aliphatic carbocycles. The first-order valence-electron chi connectivity index (χ1n) is 7.16. The average Bonchev–Trinajstić information content (AvgIpc) is 2.86. The number of aromatic carboxylic acids is 1. The second-order valence-corrected chi connectivity index (χ2v) is 5.27. The number of rotatable bonds is 6. The lowest BCUT2D eigenvalue weighted by Gasteiger charge is -2.11. The molecule has 1 aromatic heterocycles. The van der Waals surface area contributed by atoms with Crippen LogP contribution in [0.25, 0.3) is 0 Å². The predicted molar refractivity (Wildman–Crippen MR) is 83.7 cm³/mol. The minimum Gasteiger partial charge on any atom is -0.483 e. The second-order valence-electron chi connectivity index (χ2n) is 5.27. The van der Waals surface area contributed by atoms with Gasteiger partial charge in [-0.05, 0) is 38.0 Å². The Balaban J connectivity index is 1.88. The van der Waals surface area contributed by atoms with Gasteiger partial charge in [0.25, 0.3) is 5.91 Å². The van der Waals surface area contributed by atoms with Gasteiger partial charge in [-0.3, -0.25) is 4.79 Å². The molecule has 0 spiro atoms. The van der Waals surface area contributed by atoms with Crippen molar-refractivity contribution in [1.82, 2.24) is 5.32 Å². The minimum absolute atomic E-state index is 0.0982. The van der Waals surface area contributed by atoms with Gasteiger partial charge in [0, 0.05) is 0 Å². The van der Waals surface area contributed by atoms with E-state index in [1.807, 2.05) is 32.0 Å². The predicted octanol–water partition coefficient (Wildman–Crippen LogP) is 2.60. The Bertz CT molecular complexity index is 712. The van der Waals surface area contributed by atoms with Crippen molar-refractivity contribution in [2.45, 2.75) is 27.3 Å². The van der Waals surface area contributed by atoms with Gasteiger partial charge in [-0.2, -0.15) is 0 Å². The monoisotopic (exact) mass is 317 g/mol. The molecule has 0 saturated carbocycles. The Labute approximate surface area is 134 Å². The third-order valence-electron chi connectivity index (χ3n) is 3.42. The quantitative estimate of drug-likeness (QED) is 0.855. The molecule has 2 aromatic rings. The number of nitrogens with one attached hydrogen (secondary N) is 1. The molecule has 0 unspecified atom stereocenters. The summed E-state index contributed by atoms with van der Waals surface area (Å²) >= 11 is 0. The zero-order valence-electron chi connectivity index (χ0n) is 13.3. The molecule has 122 valence electrons. The smallest absolute Gasteiger partial charge is 0.339 e. The summed E-state index contributed by atoms with van der Waals surface area (Å²) in [6.45, 7) is 5.40. The van der Waals surface area contributed by atoms with Crippen molar-refractivity contribution >= 4 is 11.9 Å². The van der Waals surface area contributed by atoms with E-state index in [4.69, 9.17) is 14.3 Å². The molecule has 0 saturated heterocycles. The Morgan fingerprint density at radius 2 is 1.87 bits per heavy atom. The van der Waals surface area contributed by atoms with Crippen molar-refractivity contribution < 1.29 is 23.8 Å². The highest BCUT2D eigenvalue weighted by molar-refractivity contribution is 5.88. The number of carboxylic acid groups (broad SMARTS) is 1. The van der Waals surface area contributed by atoms with Crippen LogP contribution in [0.2, 0.25) is 0 Å². The number of hydrogen-bond acceptors (Lipinski definition) is 4. The van der Waals surface area contributed by atoms with Gasteiger partial charge in [0.15, 0.2) is 6.61 Å². The number of carboxylic acids is 1. The largest absolute Gasteiger partial charge is 0.483 e. The molecule has 23 heavy (non-hydrogen) atoms. The number of para-hydroxylation sites is 1. The SMILES string of the molecule is Cc1cccc(C)c1OCC(=O)NCc1cc(C(=O)O)c(C)o1. The first kappa shape index (κ1) is 16.6. The van der Waals surface area contributed by atoms with Crippen LogP contribution in [0.15, 0.2) is 28.7 Å². The maximum absolute atomic E-state index is 11.8. The van der Waals surface area contributed by atoms with E-state index in [1.54, 1.807) is 6.92 Å². The molecule has 0 aliphatic heterocycles. The van der Waals surface area contributed by atoms with E-state index >= 15 is 0 Å². The van der Waals surface area contributed by atoms with E-state index in [0.29, 0.717) is 17.3 Å². The van der Waals surface area contributed by atoms with Crippen molar-refractivity contribution in [3.05, 3.63) is 52.5 Å². The minimum atomic E-state index is -1.05. The van der Waals surface area contributed by atoms with E-state index < -0.39 is 5.97 Å². The average molecular weight is 317 g/mol. The number of carbonyl (C=O) groups excluding carboxylic acids is 1. The van der Waals surface area contributed by atoms with Crippen LogP contribution in [0.5, 0.6) is 5.75 Å². The maximum atomic E-state index is 11.8. The van der Waals surface area contributed by atoms with E-state index in [0.717, 1.165) is 11.1 Å². The molecule has 1 amide bonds. The summed E-state index contributed by atoms with van der Waals surface area (Å²) < 4.78 is 10.8. The summed E-state index contributed by atoms with van der Waals surface area (Å²) in [6.07, 6.45) is 0. The standard InChI is InChI=1S/C17H19NO5/c1-10-5-4-6-11(2)16(10)22-9-15(19)18-8-13-7-14(17(20)21)12(3)23-13/h4-7H,8-9H2,1-3H3,(H,18,19)(H,20,21). The lowest BCUT2D eigenvalue weighted by molar-refractivity contribution is -0.123. The third kappa shape index (κ3) is 4.12. The van der Waals surface area contributed by atoms with Crippen LogP contribution in [-0.4, -0.2) is 23.6 Å². The second kappa shape index (κ2) is 7.00. The first-order chi connectivity index (χ1) is 10.9. The highest BCUT2D eigenvalue weighted by atomic mass is 16.5. The molecular weight excluding hydrogens is 298 g/mol. The molecule has 0 bridgehead atoms. The van der Waals surface area contributed by atoms with Gasteiger partial charge in [0.05, 0.1) is 6.54 Å². The molecule has 0 fully saturated rings. The van der Waals surface area contributed by atoms with Crippen LogP contribution in [0, 0.1) is 20.8 Å². The van der Waals surface area contributed by atoms with E-state index in [2.05, 4.69) is 5.32 Å². The highest BCUT2D eigenvalue weighted by Gasteiger charge is 2.14. The van der Waals surface area contributed by atoms with Gasteiger partial charge in [0.1, 0.15) is 22.8 Å². The van der Waals surface area contributed by atoms with Crippen LogP contribution < -0.4 is 10.1 Å². The highest BCUT2D eigenvalue weighted by Crippen LogP contribution is 2.22. The van der Waals surface area contributed by atoms with Crippen LogP contribution >= 0.6 is 0 Å². The fraction of sp³-hybridized carbons (Fsp3) is 0.294. The summed E-state index contributed by atoms with van der Waals surface area (Å²) in [5.41, 5.74) is 2.03. The molecule has 1 heterocycles. The number of aryl methyl sites for hydroxylation is 3. The van der Waals surface area contributed by atoms with Crippen LogP contribution in [0.3, 0.4) is 0 Å². The lowest BCUT2D eigenvalue weighted by atomic mass is 10.1. The molecule has 0 radical (unpaired) electrons. The topological polar surface area (TPSA) is 88.8 Å². The fourth-order valence-electron chi connectivity index (χ4n) is 2.24. The zero-order valence-corrected chi connectivity index (χ0v) is 13.3. The van der Waals surface area contributed by atoms with Crippen molar-refractivity contribution in [1.29, 1.82) is 0 Å². The number of amides is 1.